The molecular weight excluding hydrogens is 134 g/mol. The molecule has 1 rings (SSSR count). The highest BCUT2D eigenvalue weighted by Gasteiger charge is 1.95. The van der Waals surface area contributed by atoms with Crippen LogP contribution in [0.15, 0.2) is 10.9 Å². The van der Waals surface area contributed by atoms with Gasteiger partial charge in [0, 0.05) is 17.5 Å². The van der Waals surface area contributed by atoms with Crippen molar-refractivity contribution in [2.24, 2.45) is 0 Å². The minimum atomic E-state index is 0.125. The molecule has 0 radical (unpaired) electrons. The van der Waals surface area contributed by atoms with E-state index in [9.17, 15) is 4.79 Å². The Morgan fingerprint density at radius 2 is 2.44 bits per heavy atom. The summed E-state index contributed by atoms with van der Waals surface area (Å²) >= 11 is 1.52. The Labute approximate surface area is 57.9 Å². The second kappa shape index (κ2) is 2.35. The molecule has 9 heavy (non-hydrogen) atoms. The van der Waals surface area contributed by atoms with E-state index in [1.807, 2.05) is 13.8 Å². The zero-order valence-corrected chi connectivity index (χ0v) is 6.36. The van der Waals surface area contributed by atoms with Crippen molar-refractivity contribution < 1.29 is 0 Å². The number of hydrogen-bond donors (Lipinski definition) is 0. The predicted octanol–water partition coefficient (Wildman–Crippen LogP) is 1.24. The molecule has 0 bridgehead atoms. The van der Waals surface area contributed by atoms with Gasteiger partial charge in [0.05, 0.1) is 0 Å². The van der Waals surface area contributed by atoms with Crippen LogP contribution in [0.5, 0.6) is 0 Å². The van der Waals surface area contributed by atoms with Gasteiger partial charge in [-0.25, -0.2) is 0 Å². The monoisotopic (exact) mass is 143 g/mol. The number of rotatable bonds is 1. The molecule has 0 amide bonds. The van der Waals surface area contributed by atoms with Gasteiger partial charge in [-0.1, -0.05) is 11.5 Å². The van der Waals surface area contributed by atoms with Crippen LogP contribution in [0.2, 0.25) is 0 Å². The van der Waals surface area contributed by atoms with Crippen LogP contribution in [0.3, 0.4) is 0 Å². The molecule has 0 saturated heterocycles. The fraction of sp³-hybridized carbons (Fsp3) is 0.500. The molecule has 0 spiro atoms. The quantitative estimate of drug-likeness (QED) is 0.579. The van der Waals surface area contributed by atoms with Gasteiger partial charge in [0.25, 0.3) is 5.56 Å². The number of hydrogen-bond acceptors (Lipinski definition) is 2. The van der Waals surface area contributed by atoms with E-state index < -0.39 is 0 Å². The Kier molecular flexibility index (Phi) is 1.71. The third-order valence-electron chi connectivity index (χ3n) is 1.11. The highest BCUT2D eigenvalue weighted by molar-refractivity contribution is 7.06. The summed E-state index contributed by atoms with van der Waals surface area (Å²) in [5, 5.41) is 0. The van der Waals surface area contributed by atoms with Crippen LogP contribution in [0.1, 0.15) is 11.8 Å². The summed E-state index contributed by atoms with van der Waals surface area (Å²) in [4.78, 5) is 11.9. The SMILES string of the molecule is CCn1sc(C)cc1=O. The molecule has 0 aromatic carbocycles. The first-order valence-corrected chi connectivity index (χ1v) is 3.69. The minimum Gasteiger partial charge on any atom is -0.268 e. The molecular formula is C6H9NOS. The maximum absolute atomic E-state index is 10.8. The van der Waals surface area contributed by atoms with Crippen LogP contribution in [-0.2, 0) is 6.54 Å². The third kappa shape index (κ3) is 1.21. The molecule has 0 N–H and O–H groups in total. The zero-order chi connectivity index (χ0) is 6.85. The zero-order valence-electron chi connectivity index (χ0n) is 5.55. The van der Waals surface area contributed by atoms with Gasteiger partial charge < -0.3 is 0 Å². The van der Waals surface area contributed by atoms with Crippen molar-refractivity contribution in [1.29, 1.82) is 0 Å². The van der Waals surface area contributed by atoms with Gasteiger partial charge in [-0.2, -0.15) is 0 Å². The summed E-state index contributed by atoms with van der Waals surface area (Å²) in [6.07, 6.45) is 0. The molecule has 0 atom stereocenters. The van der Waals surface area contributed by atoms with Crippen LogP contribution in [0, 0.1) is 6.92 Å². The Morgan fingerprint density at radius 1 is 1.78 bits per heavy atom. The molecule has 0 fully saturated rings. The van der Waals surface area contributed by atoms with Gasteiger partial charge in [0.1, 0.15) is 0 Å². The van der Waals surface area contributed by atoms with Gasteiger partial charge in [0.15, 0.2) is 0 Å². The lowest BCUT2D eigenvalue weighted by atomic mass is 10.5. The highest BCUT2D eigenvalue weighted by atomic mass is 32.1. The maximum atomic E-state index is 10.8. The average molecular weight is 143 g/mol. The van der Waals surface area contributed by atoms with Crippen molar-refractivity contribution in [3.05, 3.63) is 21.3 Å². The van der Waals surface area contributed by atoms with Crippen LogP contribution in [0.4, 0.5) is 0 Å². The smallest absolute Gasteiger partial charge is 0.260 e. The predicted molar refractivity (Wildman–Crippen MR) is 39.0 cm³/mol. The van der Waals surface area contributed by atoms with Gasteiger partial charge in [0.2, 0.25) is 0 Å². The molecule has 0 saturated carbocycles. The third-order valence-corrected chi connectivity index (χ3v) is 2.18. The molecule has 0 unspecified atom stereocenters. The Hall–Kier alpha value is -0.570. The number of nitrogens with zero attached hydrogens (tertiary/aromatic N) is 1. The second-order valence-electron chi connectivity index (χ2n) is 1.88. The van der Waals surface area contributed by atoms with Crippen LogP contribution >= 0.6 is 11.5 Å². The minimum absolute atomic E-state index is 0.125. The summed E-state index contributed by atoms with van der Waals surface area (Å²) in [7, 11) is 0. The van der Waals surface area contributed by atoms with Crippen molar-refractivity contribution in [3.8, 4) is 0 Å². The van der Waals surface area contributed by atoms with E-state index in [0.29, 0.717) is 0 Å². The van der Waals surface area contributed by atoms with E-state index in [-0.39, 0.29) is 5.56 Å². The summed E-state index contributed by atoms with van der Waals surface area (Å²) < 4.78 is 1.73. The van der Waals surface area contributed by atoms with Crippen LogP contribution in [-0.4, -0.2) is 3.96 Å². The van der Waals surface area contributed by atoms with E-state index in [1.54, 1.807) is 10.0 Å². The normalized spacial score (nSPS) is 10.0. The topological polar surface area (TPSA) is 22.0 Å². The van der Waals surface area contributed by atoms with Crippen molar-refractivity contribution >= 4 is 11.5 Å². The lowest BCUT2D eigenvalue weighted by Crippen LogP contribution is -2.09. The van der Waals surface area contributed by atoms with E-state index in [1.165, 1.54) is 11.5 Å². The van der Waals surface area contributed by atoms with Crippen LogP contribution < -0.4 is 5.56 Å². The fourth-order valence-corrected chi connectivity index (χ4v) is 1.48. The molecule has 50 valence electrons. The summed E-state index contributed by atoms with van der Waals surface area (Å²) in [5.41, 5.74) is 0.125. The molecule has 0 aliphatic rings. The van der Waals surface area contributed by atoms with E-state index in [2.05, 4.69) is 0 Å². The molecule has 2 nitrogen and oxygen atoms in total. The number of aromatic nitrogens is 1. The molecule has 3 heteroatoms. The van der Waals surface area contributed by atoms with Gasteiger partial charge in [-0.15, -0.1) is 0 Å². The van der Waals surface area contributed by atoms with Gasteiger partial charge in [-0.05, 0) is 13.8 Å². The lowest BCUT2D eigenvalue weighted by Gasteiger charge is -1.87. The fourth-order valence-electron chi connectivity index (χ4n) is 0.711. The highest BCUT2D eigenvalue weighted by Crippen LogP contribution is 2.01. The van der Waals surface area contributed by atoms with Crippen molar-refractivity contribution in [2.75, 3.05) is 0 Å². The second-order valence-corrected chi connectivity index (χ2v) is 3.15. The van der Waals surface area contributed by atoms with Crippen molar-refractivity contribution in [3.63, 3.8) is 0 Å². The average Bonchev–Trinajstić information content (AvgIpc) is 2.10. The first-order chi connectivity index (χ1) is 4.24. The van der Waals surface area contributed by atoms with E-state index in [0.717, 1.165) is 11.4 Å². The standard InChI is InChI=1S/C6H9NOS/c1-3-7-6(8)4-5(2)9-7/h4H,3H2,1-2H3. The van der Waals surface area contributed by atoms with Gasteiger partial charge in [-0.3, -0.25) is 8.75 Å². The van der Waals surface area contributed by atoms with Crippen molar-refractivity contribution in [2.45, 2.75) is 20.4 Å². The van der Waals surface area contributed by atoms with E-state index >= 15 is 0 Å². The molecule has 1 aromatic rings. The number of aryl methyl sites for hydroxylation is 2. The lowest BCUT2D eigenvalue weighted by molar-refractivity contribution is 0.810. The van der Waals surface area contributed by atoms with E-state index in [4.69, 9.17) is 0 Å². The molecule has 1 heterocycles. The Balaban J connectivity index is 3.16. The Morgan fingerprint density at radius 3 is 2.67 bits per heavy atom. The van der Waals surface area contributed by atoms with Crippen molar-refractivity contribution in [1.82, 2.24) is 3.96 Å². The summed E-state index contributed by atoms with van der Waals surface area (Å²) in [6, 6.07) is 1.66. The Bertz CT molecular complexity index is 248. The first kappa shape index (κ1) is 6.55. The maximum Gasteiger partial charge on any atom is 0.260 e. The van der Waals surface area contributed by atoms with Gasteiger partial charge >= 0.3 is 0 Å². The summed E-state index contributed by atoms with van der Waals surface area (Å²) in [6.45, 7) is 4.70. The largest absolute Gasteiger partial charge is 0.268 e. The van der Waals surface area contributed by atoms with Crippen LogP contribution in [0.25, 0.3) is 0 Å². The molecule has 0 aliphatic heterocycles. The first-order valence-electron chi connectivity index (χ1n) is 2.92. The molecule has 0 aliphatic carbocycles. The summed E-state index contributed by atoms with van der Waals surface area (Å²) in [5.74, 6) is 0. The molecule has 1 aromatic heterocycles.